The van der Waals surface area contributed by atoms with Crippen molar-refractivity contribution in [2.24, 2.45) is 0 Å². The van der Waals surface area contributed by atoms with Gasteiger partial charge in [0.05, 0.1) is 0 Å². The van der Waals surface area contributed by atoms with E-state index in [1.54, 1.807) is 0 Å². The molecular weight excluding hydrogens is 150 g/mol. The van der Waals surface area contributed by atoms with Gasteiger partial charge in [-0.15, -0.1) is 0 Å². The third-order valence-corrected chi connectivity index (χ3v) is 2.30. The SMILES string of the molecule is C=C(CNC1CCNCC1)NC. The van der Waals surface area contributed by atoms with Crippen LogP contribution in [0.15, 0.2) is 12.3 Å². The first kappa shape index (κ1) is 9.55. The van der Waals surface area contributed by atoms with Crippen LogP contribution in [-0.4, -0.2) is 32.7 Å². The Labute approximate surface area is 74.6 Å². The molecule has 1 rings (SSSR count). The second-order valence-corrected chi connectivity index (χ2v) is 3.26. The van der Waals surface area contributed by atoms with Crippen molar-refractivity contribution in [3.8, 4) is 0 Å². The molecule has 0 bridgehead atoms. The number of piperidine rings is 1. The highest BCUT2D eigenvalue weighted by molar-refractivity contribution is 4.93. The normalized spacial score (nSPS) is 19.1. The van der Waals surface area contributed by atoms with Crippen LogP contribution >= 0.6 is 0 Å². The van der Waals surface area contributed by atoms with E-state index < -0.39 is 0 Å². The lowest BCUT2D eigenvalue weighted by molar-refractivity contribution is 0.395. The maximum atomic E-state index is 3.87. The van der Waals surface area contributed by atoms with Crippen molar-refractivity contribution in [1.82, 2.24) is 16.0 Å². The molecule has 3 heteroatoms. The summed E-state index contributed by atoms with van der Waals surface area (Å²) in [6.45, 7) is 7.04. The van der Waals surface area contributed by atoms with Crippen molar-refractivity contribution >= 4 is 0 Å². The lowest BCUT2D eigenvalue weighted by Crippen LogP contribution is -2.41. The van der Waals surface area contributed by atoms with Crippen molar-refractivity contribution in [1.29, 1.82) is 0 Å². The number of rotatable bonds is 4. The van der Waals surface area contributed by atoms with Gasteiger partial charge in [0.1, 0.15) is 0 Å². The summed E-state index contributed by atoms with van der Waals surface area (Å²) in [4.78, 5) is 0. The van der Waals surface area contributed by atoms with E-state index in [9.17, 15) is 0 Å². The van der Waals surface area contributed by atoms with Crippen LogP contribution in [0.4, 0.5) is 0 Å². The number of hydrogen-bond donors (Lipinski definition) is 3. The highest BCUT2D eigenvalue weighted by Crippen LogP contribution is 2.01. The minimum Gasteiger partial charge on any atom is -0.391 e. The van der Waals surface area contributed by atoms with Crippen molar-refractivity contribution in [3.05, 3.63) is 12.3 Å². The Kier molecular flexibility index (Phi) is 4.11. The maximum absolute atomic E-state index is 3.87. The lowest BCUT2D eigenvalue weighted by Gasteiger charge is -2.24. The second-order valence-electron chi connectivity index (χ2n) is 3.26. The topological polar surface area (TPSA) is 36.1 Å². The minimum atomic E-state index is 0.677. The van der Waals surface area contributed by atoms with Crippen molar-refractivity contribution in [3.63, 3.8) is 0 Å². The zero-order chi connectivity index (χ0) is 8.81. The summed E-state index contributed by atoms with van der Waals surface area (Å²) >= 11 is 0. The third-order valence-electron chi connectivity index (χ3n) is 2.30. The summed E-state index contributed by atoms with van der Waals surface area (Å²) in [5.41, 5.74) is 1.06. The average molecular weight is 169 g/mol. The standard InChI is InChI=1S/C9H19N3/c1-8(10-2)7-12-9-3-5-11-6-4-9/h9-12H,1,3-7H2,2H3. The third kappa shape index (κ3) is 3.24. The quantitative estimate of drug-likeness (QED) is 0.557. The predicted molar refractivity (Wildman–Crippen MR) is 52.1 cm³/mol. The van der Waals surface area contributed by atoms with Gasteiger partial charge in [-0.3, -0.25) is 0 Å². The van der Waals surface area contributed by atoms with Crippen LogP contribution in [0.3, 0.4) is 0 Å². The van der Waals surface area contributed by atoms with Crippen LogP contribution in [0.5, 0.6) is 0 Å². The molecule has 0 saturated carbocycles. The molecule has 0 aromatic heterocycles. The van der Waals surface area contributed by atoms with Gasteiger partial charge in [-0.1, -0.05) is 6.58 Å². The molecule has 1 heterocycles. The molecule has 1 fully saturated rings. The summed E-state index contributed by atoms with van der Waals surface area (Å²) in [7, 11) is 1.91. The van der Waals surface area contributed by atoms with E-state index in [0.29, 0.717) is 6.04 Å². The Morgan fingerprint density at radius 3 is 2.75 bits per heavy atom. The lowest BCUT2D eigenvalue weighted by atomic mass is 10.1. The molecule has 0 radical (unpaired) electrons. The largest absolute Gasteiger partial charge is 0.391 e. The molecule has 70 valence electrons. The van der Waals surface area contributed by atoms with Gasteiger partial charge in [0.25, 0.3) is 0 Å². The zero-order valence-electron chi connectivity index (χ0n) is 7.82. The Bertz CT molecular complexity index is 139. The van der Waals surface area contributed by atoms with Crippen LogP contribution in [0.25, 0.3) is 0 Å². The smallest absolute Gasteiger partial charge is 0.0350 e. The molecule has 0 aliphatic carbocycles. The Balaban J connectivity index is 2.09. The first-order valence-electron chi connectivity index (χ1n) is 4.62. The van der Waals surface area contributed by atoms with Gasteiger partial charge in [-0.05, 0) is 25.9 Å². The molecule has 0 amide bonds. The van der Waals surface area contributed by atoms with Crippen LogP contribution < -0.4 is 16.0 Å². The molecule has 0 aromatic carbocycles. The molecular formula is C9H19N3. The monoisotopic (exact) mass is 169 g/mol. The van der Waals surface area contributed by atoms with E-state index in [1.165, 1.54) is 12.8 Å². The molecule has 3 nitrogen and oxygen atoms in total. The van der Waals surface area contributed by atoms with Crippen molar-refractivity contribution in [2.75, 3.05) is 26.7 Å². The van der Waals surface area contributed by atoms with Crippen molar-refractivity contribution in [2.45, 2.75) is 18.9 Å². The second kappa shape index (κ2) is 5.17. The van der Waals surface area contributed by atoms with E-state index in [2.05, 4.69) is 22.5 Å². The summed E-state index contributed by atoms with van der Waals surface area (Å²) in [5, 5.41) is 9.84. The maximum Gasteiger partial charge on any atom is 0.0350 e. The summed E-state index contributed by atoms with van der Waals surface area (Å²) in [5.74, 6) is 0. The van der Waals surface area contributed by atoms with Gasteiger partial charge in [0.15, 0.2) is 0 Å². The first-order valence-corrected chi connectivity index (χ1v) is 4.62. The Hall–Kier alpha value is -0.540. The first-order chi connectivity index (χ1) is 5.83. The van der Waals surface area contributed by atoms with Crippen LogP contribution in [0.2, 0.25) is 0 Å². The fourth-order valence-corrected chi connectivity index (χ4v) is 1.38. The number of hydrogen-bond acceptors (Lipinski definition) is 3. The van der Waals surface area contributed by atoms with E-state index >= 15 is 0 Å². The highest BCUT2D eigenvalue weighted by atomic mass is 15.0. The number of nitrogens with one attached hydrogen (secondary N) is 3. The summed E-state index contributed by atoms with van der Waals surface area (Å²) < 4.78 is 0. The van der Waals surface area contributed by atoms with E-state index in [0.717, 1.165) is 25.3 Å². The Morgan fingerprint density at radius 1 is 1.50 bits per heavy atom. The fourth-order valence-electron chi connectivity index (χ4n) is 1.38. The number of likely N-dealkylation sites (N-methyl/N-ethyl adjacent to an activating group) is 1. The molecule has 12 heavy (non-hydrogen) atoms. The molecule has 0 unspecified atom stereocenters. The predicted octanol–water partition coefficient (Wildman–Crippen LogP) is 0.0611. The van der Waals surface area contributed by atoms with Crippen LogP contribution in [-0.2, 0) is 0 Å². The fraction of sp³-hybridized carbons (Fsp3) is 0.778. The van der Waals surface area contributed by atoms with Gasteiger partial charge in [0, 0.05) is 25.3 Å². The average Bonchev–Trinajstić information content (AvgIpc) is 2.16. The van der Waals surface area contributed by atoms with Gasteiger partial charge in [-0.25, -0.2) is 0 Å². The van der Waals surface area contributed by atoms with Gasteiger partial charge >= 0.3 is 0 Å². The van der Waals surface area contributed by atoms with E-state index in [1.807, 2.05) is 7.05 Å². The van der Waals surface area contributed by atoms with E-state index in [-0.39, 0.29) is 0 Å². The molecule has 0 atom stereocenters. The highest BCUT2D eigenvalue weighted by Gasteiger charge is 2.11. The van der Waals surface area contributed by atoms with Gasteiger partial charge < -0.3 is 16.0 Å². The van der Waals surface area contributed by atoms with Crippen molar-refractivity contribution < 1.29 is 0 Å². The molecule has 0 spiro atoms. The molecule has 1 aliphatic heterocycles. The zero-order valence-corrected chi connectivity index (χ0v) is 7.82. The molecule has 0 aromatic rings. The summed E-state index contributed by atoms with van der Waals surface area (Å²) in [6, 6.07) is 0.677. The van der Waals surface area contributed by atoms with Crippen LogP contribution in [0.1, 0.15) is 12.8 Å². The van der Waals surface area contributed by atoms with E-state index in [4.69, 9.17) is 0 Å². The molecule has 1 aliphatic rings. The molecule has 3 N–H and O–H groups in total. The van der Waals surface area contributed by atoms with Gasteiger partial charge in [0.2, 0.25) is 0 Å². The minimum absolute atomic E-state index is 0.677. The van der Waals surface area contributed by atoms with Gasteiger partial charge in [-0.2, -0.15) is 0 Å². The van der Waals surface area contributed by atoms with Crippen LogP contribution in [0, 0.1) is 0 Å². The Morgan fingerprint density at radius 2 is 2.17 bits per heavy atom. The summed E-state index contributed by atoms with van der Waals surface area (Å²) in [6.07, 6.45) is 2.47. The molecule has 1 saturated heterocycles.